The number of rotatable bonds is 4. The third-order valence-electron chi connectivity index (χ3n) is 3.38. The number of thioether (sulfide) groups is 1. The van der Waals surface area contributed by atoms with Crippen LogP contribution in [0.1, 0.15) is 5.56 Å². The van der Waals surface area contributed by atoms with Gasteiger partial charge in [-0.05, 0) is 42.0 Å². The van der Waals surface area contributed by atoms with Crippen molar-refractivity contribution in [3.05, 3.63) is 68.0 Å². The number of nitrogens with one attached hydrogen (secondary N) is 1. The van der Waals surface area contributed by atoms with Crippen LogP contribution < -0.4 is 5.32 Å². The minimum atomic E-state index is -0.166. The van der Waals surface area contributed by atoms with Gasteiger partial charge in [-0.2, -0.15) is 0 Å². The van der Waals surface area contributed by atoms with E-state index in [2.05, 4.69) is 5.32 Å². The number of hydrogen-bond acceptors (Lipinski definition) is 4. The third kappa shape index (κ3) is 4.49. The molecule has 0 atom stereocenters. The van der Waals surface area contributed by atoms with Gasteiger partial charge < -0.3 is 5.32 Å². The molecule has 0 unspecified atom stereocenters. The second kappa shape index (κ2) is 7.98. The van der Waals surface area contributed by atoms with Crippen LogP contribution in [0.15, 0.2) is 47.4 Å². The molecule has 0 bridgehead atoms. The Kier molecular flexibility index (Phi) is 5.92. The van der Waals surface area contributed by atoms with Crippen LogP contribution in [-0.4, -0.2) is 21.8 Å². The van der Waals surface area contributed by atoms with E-state index in [1.165, 1.54) is 16.7 Å². The Balaban J connectivity index is 1.74. The second-order valence-corrected chi connectivity index (χ2v) is 8.08. The van der Waals surface area contributed by atoms with Gasteiger partial charge in [-0.3, -0.25) is 9.69 Å². The summed E-state index contributed by atoms with van der Waals surface area (Å²) in [6.45, 7) is 0.206. The van der Waals surface area contributed by atoms with Gasteiger partial charge in [0.2, 0.25) is 0 Å². The Morgan fingerprint density at radius 2 is 1.88 bits per heavy atom. The predicted octanol–water partition coefficient (Wildman–Crippen LogP) is 5.92. The third-order valence-corrected chi connectivity index (χ3v) is 5.55. The molecule has 1 N–H and O–H groups in total. The fourth-order valence-electron chi connectivity index (χ4n) is 2.18. The van der Waals surface area contributed by atoms with E-state index in [4.69, 9.17) is 47.0 Å². The second-order valence-electron chi connectivity index (χ2n) is 5.12. The van der Waals surface area contributed by atoms with Crippen LogP contribution in [0.3, 0.4) is 0 Å². The van der Waals surface area contributed by atoms with Gasteiger partial charge in [-0.15, -0.1) is 0 Å². The van der Waals surface area contributed by atoms with Gasteiger partial charge in [-0.1, -0.05) is 70.9 Å². The van der Waals surface area contributed by atoms with Crippen LogP contribution in [0.25, 0.3) is 6.08 Å². The maximum Gasteiger partial charge on any atom is 0.267 e. The van der Waals surface area contributed by atoms with E-state index in [1.54, 1.807) is 36.4 Å². The summed E-state index contributed by atoms with van der Waals surface area (Å²) in [6.07, 6.45) is 1.78. The quantitative estimate of drug-likeness (QED) is 0.483. The molecule has 0 radical (unpaired) electrons. The highest BCUT2D eigenvalue weighted by Gasteiger charge is 2.31. The molecule has 0 aliphatic carbocycles. The average Bonchev–Trinajstić information content (AvgIpc) is 2.82. The summed E-state index contributed by atoms with van der Waals surface area (Å²) >= 11 is 24.6. The van der Waals surface area contributed by atoms with Crippen molar-refractivity contribution in [2.45, 2.75) is 0 Å². The Bertz CT molecular complexity index is 886. The van der Waals surface area contributed by atoms with E-state index in [-0.39, 0.29) is 12.6 Å². The van der Waals surface area contributed by atoms with E-state index < -0.39 is 0 Å². The van der Waals surface area contributed by atoms with Crippen LogP contribution in [-0.2, 0) is 4.79 Å². The van der Waals surface area contributed by atoms with Gasteiger partial charge in [0.1, 0.15) is 4.32 Å². The normalized spacial score (nSPS) is 16.0. The lowest BCUT2D eigenvalue weighted by Gasteiger charge is -2.17. The Hall–Kier alpha value is -1.24. The first-order chi connectivity index (χ1) is 11.9. The number of anilines is 1. The van der Waals surface area contributed by atoms with E-state index >= 15 is 0 Å². The van der Waals surface area contributed by atoms with Crippen LogP contribution in [0.5, 0.6) is 0 Å². The number of halogens is 3. The predicted molar refractivity (Wildman–Crippen MR) is 111 cm³/mol. The first kappa shape index (κ1) is 18.5. The molecule has 0 aromatic heterocycles. The zero-order chi connectivity index (χ0) is 18.0. The molecule has 1 aliphatic heterocycles. The first-order valence-electron chi connectivity index (χ1n) is 7.14. The van der Waals surface area contributed by atoms with Gasteiger partial charge in [0.15, 0.2) is 0 Å². The van der Waals surface area contributed by atoms with Crippen molar-refractivity contribution in [3.8, 4) is 0 Å². The van der Waals surface area contributed by atoms with Crippen LogP contribution in [0.4, 0.5) is 5.69 Å². The van der Waals surface area contributed by atoms with E-state index in [1.807, 2.05) is 12.1 Å². The molecule has 3 rings (SSSR count). The van der Waals surface area contributed by atoms with Crippen LogP contribution in [0.2, 0.25) is 15.1 Å². The molecule has 1 saturated heterocycles. The molecule has 25 heavy (non-hydrogen) atoms. The minimum absolute atomic E-state index is 0.166. The minimum Gasteiger partial charge on any atom is -0.366 e. The summed E-state index contributed by atoms with van der Waals surface area (Å²) in [5, 5.41) is 4.77. The molecule has 1 fully saturated rings. The number of carbonyl (C=O) groups is 1. The lowest BCUT2D eigenvalue weighted by molar-refractivity contribution is -0.121. The monoisotopic (exact) mass is 428 g/mol. The summed E-state index contributed by atoms with van der Waals surface area (Å²) in [6, 6.07) is 12.4. The summed E-state index contributed by atoms with van der Waals surface area (Å²) in [5.74, 6) is -0.166. The summed E-state index contributed by atoms with van der Waals surface area (Å²) in [7, 11) is 0. The Morgan fingerprint density at radius 3 is 2.64 bits per heavy atom. The molecule has 2 aromatic rings. The topological polar surface area (TPSA) is 32.3 Å². The molecule has 8 heteroatoms. The van der Waals surface area contributed by atoms with Crippen molar-refractivity contribution in [3.63, 3.8) is 0 Å². The standard InChI is InChI=1S/C17H11Cl3N2OS2/c18-11-3-1-2-10(6-11)7-15-16(23)22(17(24)25-15)9-21-14-8-12(19)4-5-13(14)20/h1-8,21H,9H2/b15-7-. The fraction of sp³-hybridized carbons (Fsp3) is 0.0588. The van der Waals surface area contributed by atoms with Gasteiger partial charge in [-0.25, -0.2) is 0 Å². The average molecular weight is 430 g/mol. The summed E-state index contributed by atoms with van der Waals surface area (Å²) < 4.78 is 0.476. The van der Waals surface area contributed by atoms with Gasteiger partial charge in [0.25, 0.3) is 5.91 Å². The van der Waals surface area contributed by atoms with E-state index in [0.29, 0.717) is 30.0 Å². The fourth-order valence-corrected chi connectivity index (χ4v) is 3.99. The molecule has 0 spiro atoms. The molecule has 1 aliphatic rings. The molecule has 1 amide bonds. The largest absolute Gasteiger partial charge is 0.366 e. The molecular formula is C17H11Cl3N2OS2. The number of thiocarbonyl (C=S) groups is 1. The number of nitrogens with zero attached hydrogens (tertiary/aromatic N) is 1. The van der Waals surface area contributed by atoms with Crippen LogP contribution in [0, 0.1) is 0 Å². The zero-order valence-electron chi connectivity index (χ0n) is 12.6. The van der Waals surface area contributed by atoms with E-state index in [9.17, 15) is 4.79 Å². The molecule has 2 aromatic carbocycles. The Morgan fingerprint density at radius 1 is 1.12 bits per heavy atom. The highest BCUT2D eigenvalue weighted by molar-refractivity contribution is 8.26. The number of benzene rings is 2. The van der Waals surface area contributed by atoms with E-state index in [0.717, 1.165) is 5.56 Å². The van der Waals surface area contributed by atoms with Crippen molar-refractivity contribution in [1.29, 1.82) is 0 Å². The number of carbonyl (C=O) groups excluding carboxylic acids is 1. The van der Waals surface area contributed by atoms with Crippen molar-refractivity contribution in [1.82, 2.24) is 4.90 Å². The van der Waals surface area contributed by atoms with Gasteiger partial charge in [0.05, 0.1) is 22.3 Å². The highest BCUT2D eigenvalue weighted by Crippen LogP contribution is 2.33. The lowest BCUT2D eigenvalue weighted by Crippen LogP contribution is -2.33. The highest BCUT2D eigenvalue weighted by atomic mass is 35.5. The van der Waals surface area contributed by atoms with Gasteiger partial charge in [0, 0.05) is 10.0 Å². The van der Waals surface area contributed by atoms with Crippen molar-refractivity contribution < 1.29 is 4.79 Å². The molecular weight excluding hydrogens is 419 g/mol. The number of hydrogen-bond donors (Lipinski definition) is 1. The summed E-state index contributed by atoms with van der Waals surface area (Å²) in [5.41, 5.74) is 1.49. The van der Waals surface area contributed by atoms with Crippen LogP contribution >= 0.6 is 58.8 Å². The smallest absolute Gasteiger partial charge is 0.267 e. The molecule has 1 heterocycles. The first-order valence-corrected chi connectivity index (χ1v) is 9.50. The molecule has 3 nitrogen and oxygen atoms in total. The van der Waals surface area contributed by atoms with Crippen molar-refractivity contribution >= 4 is 80.8 Å². The SMILES string of the molecule is O=C1/C(=C/c2cccc(Cl)c2)SC(=S)N1CNc1cc(Cl)ccc1Cl. The molecule has 128 valence electrons. The number of amides is 1. The zero-order valence-corrected chi connectivity index (χ0v) is 16.5. The van der Waals surface area contributed by atoms with Gasteiger partial charge >= 0.3 is 0 Å². The molecule has 0 saturated carbocycles. The summed E-state index contributed by atoms with van der Waals surface area (Å²) in [4.78, 5) is 14.6. The maximum atomic E-state index is 12.6. The Labute approximate surface area is 169 Å². The van der Waals surface area contributed by atoms with Crippen molar-refractivity contribution in [2.75, 3.05) is 12.0 Å². The lowest BCUT2D eigenvalue weighted by atomic mass is 10.2. The maximum absolute atomic E-state index is 12.6. The van der Waals surface area contributed by atoms with Crippen molar-refractivity contribution in [2.24, 2.45) is 0 Å².